The van der Waals surface area contributed by atoms with Gasteiger partial charge in [-0.2, -0.15) is 0 Å². The highest BCUT2D eigenvalue weighted by Gasteiger charge is 2.39. The lowest BCUT2D eigenvalue weighted by molar-refractivity contribution is 0.666. The zero-order chi connectivity index (χ0) is 43.8. The third-order valence-corrected chi connectivity index (χ3v) is 18.2. The topological polar surface area (TPSA) is 0 Å². The second-order valence-corrected chi connectivity index (χ2v) is 22.0. The van der Waals surface area contributed by atoms with Crippen molar-refractivity contribution in [3.63, 3.8) is 0 Å². The second-order valence-electron chi connectivity index (χ2n) is 19.9. The minimum absolute atomic E-state index is 0.185. The summed E-state index contributed by atoms with van der Waals surface area (Å²) in [6.07, 6.45) is 0. The first kappa shape index (κ1) is 37.2. The molecule has 0 bridgehead atoms. The molecule has 11 aromatic carbocycles. The van der Waals surface area contributed by atoms with Gasteiger partial charge in [0.15, 0.2) is 0 Å². The van der Waals surface area contributed by atoms with E-state index in [9.17, 15) is 0 Å². The molecule has 2 heterocycles. The van der Waals surface area contributed by atoms with Crippen molar-refractivity contribution in [1.82, 2.24) is 0 Å². The smallest absolute Gasteiger partial charge is 0.0434 e. The molecule has 0 N–H and O–H groups in total. The van der Waals surface area contributed by atoms with E-state index in [4.69, 9.17) is 0 Å². The number of fused-ring (bicyclic) bond motifs is 20. The highest BCUT2D eigenvalue weighted by atomic mass is 32.1. The molecule has 0 atom stereocenters. The molecule has 0 nitrogen and oxygen atoms in total. The van der Waals surface area contributed by atoms with Gasteiger partial charge < -0.3 is 0 Å². The molecule has 0 spiro atoms. The van der Waals surface area contributed by atoms with Crippen LogP contribution in [0.5, 0.6) is 0 Å². The van der Waals surface area contributed by atoms with Crippen LogP contribution in [-0.2, 0) is 10.8 Å². The van der Waals surface area contributed by atoms with E-state index in [-0.39, 0.29) is 10.8 Å². The van der Waals surface area contributed by atoms with Crippen molar-refractivity contribution in [1.29, 1.82) is 0 Å². The monoisotopic (exact) mass is 874 g/mol. The molecule has 13 aromatic rings. The fourth-order valence-electron chi connectivity index (χ4n) is 12.9. The van der Waals surface area contributed by atoms with Crippen molar-refractivity contribution in [2.45, 2.75) is 38.5 Å². The van der Waals surface area contributed by atoms with Crippen molar-refractivity contribution in [2.75, 3.05) is 0 Å². The van der Waals surface area contributed by atoms with Crippen LogP contribution in [0.2, 0.25) is 0 Å². The number of rotatable bonds is 2. The standard InChI is InChI=1S/C64H42S2/c1-63(2)53-23-9-5-15-37(53)43-29-27-41-49-31-36-34-52(48-22-14-20-46-40-18-8-12-26-56(40)66-62(46)48)58-42(28-30-44-38-16-6-10-24-54(38)64(3,4)60(44)58)50(36)32-35(49)33-51(57(41)59(43)63)47-21-13-19-45-39-17-7-11-25-55(39)65-61(45)47/h5-34H,1-4H3. The first-order valence-electron chi connectivity index (χ1n) is 23.2. The Morgan fingerprint density at radius 1 is 0.288 bits per heavy atom. The van der Waals surface area contributed by atoms with Crippen LogP contribution >= 0.6 is 22.7 Å². The van der Waals surface area contributed by atoms with Crippen LogP contribution in [0.1, 0.15) is 49.9 Å². The molecule has 0 saturated carbocycles. The molecular formula is C64H42S2. The Balaban J connectivity index is 1.11. The summed E-state index contributed by atoms with van der Waals surface area (Å²) in [6, 6.07) is 69.9. The molecule has 0 amide bonds. The van der Waals surface area contributed by atoms with Gasteiger partial charge in [0.05, 0.1) is 0 Å². The first-order chi connectivity index (χ1) is 32.3. The second kappa shape index (κ2) is 12.8. The molecule has 0 radical (unpaired) electrons. The van der Waals surface area contributed by atoms with E-state index in [0.717, 1.165) is 0 Å². The number of hydrogen-bond donors (Lipinski definition) is 0. The van der Waals surface area contributed by atoms with Crippen molar-refractivity contribution in [2.24, 2.45) is 0 Å². The van der Waals surface area contributed by atoms with Crippen LogP contribution in [0.15, 0.2) is 182 Å². The van der Waals surface area contributed by atoms with E-state index in [1.165, 1.54) is 150 Å². The maximum Gasteiger partial charge on any atom is 0.0434 e. The van der Waals surface area contributed by atoms with Gasteiger partial charge >= 0.3 is 0 Å². The molecule has 0 saturated heterocycles. The van der Waals surface area contributed by atoms with Crippen molar-refractivity contribution >= 4 is 106 Å². The minimum atomic E-state index is -0.185. The van der Waals surface area contributed by atoms with Crippen LogP contribution in [0.4, 0.5) is 0 Å². The molecule has 15 rings (SSSR count). The van der Waals surface area contributed by atoms with Crippen LogP contribution < -0.4 is 0 Å². The predicted octanol–water partition coefficient (Wildman–Crippen LogP) is 19.0. The largest absolute Gasteiger partial charge is 0.135 e. The summed E-state index contributed by atoms with van der Waals surface area (Å²) in [5.74, 6) is 0. The van der Waals surface area contributed by atoms with Crippen molar-refractivity contribution in [3.8, 4) is 44.5 Å². The van der Waals surface area contributed by atoms with Gasteiger partial charge in [0, 0.05) is 62.3 Å². The van der Waals surface area contributed by atoms with Gasteiger partial charge in [-0.05, 0) is 135 Å². The molecule has 0 fully saturated rings. The quantitative estimate of drug-likeness (QED) is 0.120. The summed E-state index contributed by atoms with van der Waals surface area (Å²) in [5, 5.41) is 15.9. The fraction of sp³-hybridized carbons (Fsp3) is 0.0938. The normalized spacial score (nSPS) is 14.6. The zero-order valence-corrected chi connectivity index (χ0v) is 38.8. The van der Waals surface area contributed by atoms with Crippen LogP contribution in [0.25, 0.3) is 128 Å². The van der Waals surface area contributed by atoms with Gasteiger partial charge in [-0.1, -0.05) is 173 Å². The van der Waals surface area contributed by atoms with Gasteiger partial charge in [0.2, 0.25) is 0 Å². The Bertz CT molecular complexity index is 4060. The van der Waals surface area contributed by atoms with Gasteiger partial charge in [0.25, 0.3) is 0 Å². The van der Waals surface area contributed by atoms with Crippen molar-refractivity contribution in [3.05, 3.63) is 204 Å². The average Bonchev–Trinajstić information content (AvgIpc) is 4.06. The van der Waals surface area contributed by atoms with E-state index in [2.05, 4.69) is 210 Å². The predicted molar refractivity (Wildman–Crippen MR) is 288 cm³/mol. The van der Waals surface area contributed by atoms with Crippen LogP contribution in [0.3, 0.4) is 0 Å². The summed E-state index contributed by atoms with van der Waals surface area (Å²) < 4.78 is 5.38. The fourth-order valence-corrected chi connectivity index (χ4v) is 15.4. The van der Waals surface area contributed by atoms with Crippen LogP contribution in [-0.4, -0.2) is 0 Å². The summed E-state index contributed by atoms with van der Waals surface area (Å²) in [4.78, 5) is 0. The highest BCUT2D eigenvalue weighted by molar-refractivity contribution is 7.26. The van der Waals surface area contributed by atoms with Gasteiger partial charge in [-0.3, -0.25) is 0 Å². The molecule has 0 aliphatic heterocycles. The molecule has 66 heavy (non-hydrogen) atoms. The summed E-state index contributed by atoms with van der Waals surface area (Å²) in [5.41, 5.74) is 16.0. The van der Waals surface area contributed by atoms with Gasteiger partial charge in [-0.15, -0.1) is 22.7 Å². The Kier molecular flexibility index (Phi) is 7.22. The molecule has 0 unspecified atom stereocenters. The molecule has 2 aliphatic rings. The lowest BCUT2D eigenvalue weighted by Gasteiger charge is -2.26. The van der Waals surface area contributed by atoms with Gasteiger partial charge in [0.1, 0.15) is 0 Å². The van der Waals surface area contributed by atoms with E-state index in [1.54, 1.807) is 0 Å². The first-order valence-corrected chi connectivity index (χ1v) is 24.9. The maximum atomic E-state index is 2.56. The number of benzene rings is 11. The van der Waals surface area contributed by atoms with Gasteiger partial charge in [-0.25, -0.2) is 0 Å². The summed E-state index contributed by atoms with van der Waals surface area (Å²) >= 11 is 3.86. The third kappa shape index (κ3) is 4.68. The molecule has 310 valence electrons. The molecular weight excluding hydrogens is 833 g/mol. The molecule has 2 aromatic heterocycles. The van der Waals surface area contributed by atoms with E-state index < -0.39 is 0 Å². The summed E-state index contributed by atoms with van der Waals surface area (Å²) in [6.45, 7) is 9.76. The van der Waals surface area contributed by atoms with E-state index in [0.29, 0.717) is 0 Å². The minimum Gasteiger partial charge on any atom is -0.135 e. The lowest BCUT2D eigenvalue weighted by Crippen LogP contribution is -2.16. The zero-order valence-electron chi connectivity index (χ0n) is 37.1. The van der Waals surface area contributed by atoms with E-state index in [1.807, 2.05) is 22.7 Å². The van der Waals surface area contributed by atoms with Crippen LogP contribution in [0, 0.1) is 0 Å². The number of thiophene rings is 2. The lowest BCUT2D eigenvalue weighted by atomic mass is 9.77. The van der Waals surface area contributed by atoms with E-state index >= 15 is 0 Å². The highest BCUT2D eigenvalue weighted by Crippen LogP contribution is 2.57. The van der Waals surface area contributed by atoms with Crippen molar-refractivity contribution < 1.29 is 0 Å². The molecule has 2 heteroatoms. The Morgan fingerprint density at radius 2 is 0.682 bits per heavy atom. The Labute approximate surface area is 391 Å². The number of hydrogen-bond acceptors (Lipinski definition) is 2. The summed E-state index contributed by atoms with van der Waals surface area (Å²) in [7, 11) is 0. The maximum absolute atomic E-state index is 2.56. The molecule has 2 aliphatic carbocycles. The SMILES string of the molecule is CC1(C)c2ccccc2-c2ccc3c(c(-c4cccc5c4sc4ccccc45)cc4cc5c(cc(-c6cccc7c6sc6ccccc67)c6c7c(ccc65)-c5ccccc5C7(C)C)cc43)c21. The Morgan fingerprint density at radius 3 is 1.15 bits per heavy atom. The third-order valence-electron chi connectivity index (χ3n) is 15.8. The average molecular weight is 875 g/mol. The Hall–Kier alpha value is -7.10.